The zero-order chi connectivity index (χ0) is 16.5. The standard InChI is InChI=1S/C13H17NO8/c15-7-8(16)10(18)13(21,11(19)9(7)17)22-12(20)6-4-2-1-3-5-14-6/h1-5,7-11,14-19,21H/t7?,8-,9+,10-,11-,13?/m1/s1. The van der Waals surface area contributed by atoms with Crippen molar-refractivity contribution in [3.8, 4) is 0 Å². The lowest BCUT2D eigenvalue weighted by atomic mass is 9.82. The Morgan fingerprint density at radius 2 is 1.59 bits per heavy atom. The van der Waals surface area contributed by atoms with Gasteiger partial charge in [0.2, 0.25) is 0 Å². The summed E-state index contributed by atoms with van der Waals surface area (Å²) in [6, 6.07) is 0. The molecule has 0 saturated heterocycles. The molecular formula is C13H17NO8. The number of ether oxygens (including phenoxy) is 1. The number of aliphatic hydroxyl groups excluding tert-OH is 5. The molecule has 9 heteroatoms. The molecule has 1 saturated carbocycles. The fourth-order valence-corrected chi connectivity index (χ4v) is 2.15. The van der Waals surface area contributed by atoms with Crippen LogP contribution in [-0.4, -0.2) is 72.9 Å². The van der Waals surface area contributed by atoms with E-state index in [-0.39, 0.29) is 5.70 Å². The predicted molar refractivity (Wildman–Crippen MR) is 70.6 cm³/mol. The fraction of sp³-hybridized carbons (Fsp3) is 0.462. The van der Waals surface area contributed by atoms with E-state index in [1.165, 1.54) is 18.4 Å². The van der Waals surface area contributed by atoms with E-state index in [0.29, 0.717) is 0 Å². The van der Waals surface area contributed by atoms with Crippen molar-refractivity contribution < 1.29 is 40.2 Å². The SMILES string of the molecule is O=C(OC1(O)[C@H](O)[C@H](O)C(O)[C@H](O)[C@H]1O)C1=CC=CC=CN1. The summed E-state index contributed by atoms with van der Waals surface area (Å²) in [4.78, 5) is 12.0. The van der Waals surface area contributed by atoms with E-state index in [1.54, 1.807) is 12.2 Å². The second-order valence-electron chi connectivity index (χ2n) is 4.97. The highest BCUT2D eigenvalue weighted by molar-refractivity contribution is 5.88. The number of rotatable bonds is 2. The molecule has 1 aliphatic carbocycles. The van der Waals surface area contributed by atoms with E-state index in [2.05, 4.69) is 10.1 Å². The van der Waals surface area contributed by atoms with Crippen molar-refractivity contribution in [2.75, 3.05) is 0 Å². The Kier molecular flexibility index (Phi) is 4.66. The summed E-state index contributed by atoms with van der Waals surface area (Å²) >= 11 is 0. The maximum absolute atomic E-state index is 12.0. The van der Waals surface area contributed by atoms with E-state index < -0.39 is 42.3 Å². The molecule has 0 radical (unpaired) electrons. The van der Waals surface area contributed by atoms with Crippen molar-refractivity contribution in [3.63, 3.8) is 0 Å². The first-order valence-corrected chi connectivity index (χ1v) is 6.45. The molecule has 0 aromatic rings. The molecule has 0 amide bonds. The average Bonchev–Trinajstić information content (AvgIpc) is 2.79. The summed E-state index contributed by atoms with van der Waals surface area (Å²) in [6.07, 6.45) is -2.99. The summed E-state index contributed by atoms with van der Waals surface area (Å²) in [5.41, 5.74) is -0.118. The van der Waals surface area contributed by atoms with Crippen molar-refractivity contribution in [3.05, 3.63) is 36.2 Å². The predicted octanol–water partition coefficient (Wildman–Crippen LogP) is -3.41. The van der Waals surface area contributed by atoms with Gasteiger partial charge in [-0.3, -0.25) is 0 Å². The zero-order valence-corrected chi connectivity index (χ0v) is 11.3. The second-order valence-corrected chi connectivity index (χ2v) is 4.97. The lowest BCUT2D eigenvalue weighted by molar-refractivity contribution is -0.346. The third-order valence-electron chi connectivity index (χ3n) is 3.49. The van der Waals surface area contributed by atoms with Crippen LogP contribution in [0.4, 0.5) is 0 Å². The maximum atomic E-state index is 12.0. The number of nitrogens with one attached hydrogen (secondary N) is 1. The molecule has 0 aromatic carbocycles. The van der Waals surface area contributed by atoms with Gasteiger partial charge in [0.05, 0.1) is 0 Å². The Balaban J connectivity index is 2.22. The van der Waals surface area contributed by atoms with Crippen LogP contribution in [0.1, 0.15) is 0 Å². The van der Waals surface area contributed by atoms with Crippen molar-refractivity contribution in [2.24, 2.45) is 0 Å². The smallest absolute Gasteiger partial charge is 0.357 e. The second kappa shape index (κ2) is 6.16. The van der Waals surface area contributed by atoms with Gasteiger partial charge < -0.3 is 40.7 Å². The molecule has 22 heavy (non-hydrogen) atoms. The quantitative estimate of drug-likeness (QED) is 0.203. The van der Waals surface area contributed by atoms with Gasteiger partial charge in [-0.25, -0.2) is 4.79 Å². The highest BCUT2D eigenvalue weighted by atomic mass is 16.7. The maximum Gasteiger partial charge on any atom is 0.357 e. The van der Waals surface area contributed by atoms with Crippen LogP contribution in [-0.2, 0) is 9.53 Å². The number of aliphatic hydroxyl groups is 6. The third kappa shape index (κ3) is 2.77. The lowest BCUT2D eigenvalue weighted by Gasteiger charge is -2.46. The lowest BCUT2D eigenvalue weighted by Crippen LogP contribution is -2.72. The molecule has 6 atom stereocenters. The molecule has 0 bridgehead atoms. The number of carbonyl (C=O) groups is 1. The minimum atomic E-state index is -2.99. The van der Waals surface area contributed by atoms with Crippen LogP contribution < -0.4 is 5.32 Å². The van der Waals surface area contributed by atoms with Gasteiger partial charge in [0.25, 0.3) is 5.79 Å². The van der Waals surface area contributed by atoms with Crippen LogP contribution in [0.5, 0.6) is 0 Å². The highest BCUT2D eigenvalue weighted by Crippen LogP contribution is 2.32. The first-order valence-electron chi connectivity index (χ1n) is 6.45. The van der Waals surface area contributed by atoms with Gasteiger partial charge in [-0.1, -0.05) is 12.2 Å². The third-order valence-corrected chi connectivity index (χ3v) is 3.49. The van der Waals surface area contributed by atoms with Crippen LogP contribution in [0.2, 0.25) is 0 Å². The molecule has 0 aromatic heterocycles. The molecule has 2 rings (SSSR count). The van der Waals surface area contributed by atoms with Gasteiger partial charge in [0, 0.05) is 6.20 Å². The van der Waals surface area contributed by atoms with Crippen LogP contribution in [0, 0.1) is 0 Å². The summed E-state index contributed by atoms with van der Waals surface area (Å²) in [5, 5.41) is 60.8. The van der Waals surface area contributed by atoms with Crippen molar-refractivity contribution in [1.82, 2.24) is 5.32 Å². The molecule has 2 unspecified atom stereocenters. The van der Waals surface area contributed by atoms with E-state index in [9.17, 15) is 35.4 Å². The summed E-state index contributed by atoms with van der Waals surface area (Å²) < 4.78 is 4.67. The molecule has 7 N–H and O–H groups in total. The largest absolute Gasteiger partial charge is 0.423 e. The number of allylic oxidation sites excluding steroid dienone is 4. The first kappa shape index (κ1) is 16.6. The Hall–Kier alpha value is -1.75. The van der Waals surface area contributed by atoms with Gasteiger partial charge in [0.1, 0.15) is 24.0 Å². The molecule has 9 nitrogen and oxygen atoms in total. The van der Waals surface area contributed by atoms with E-state index in [0.717, 1.165) is 0 Å². The van der Waals surface area contributed by atoms with E-state index >= 15 is 0 Å². The van der Waals surface area contributed by atoms with Gasteiger partial charge in [0.15, 0.2) is 12.2 Å². The van der Waals surface area contributed by atoms with Gasteiger partial charge in [-0.15, -0.1) is 0 Å². The Morgan fingerprint density at radius 3 is 2.18 bits per heavy atom. The minimum absolute atomic E-state index is 0.118. The topological polar surface area (TPSA) is 160 Å². The Bertz CT molecular complexity index is 512. The summed E-state index contributed by atoms with van der Waals surface area (Å²) in [7, 11) is 0. The van der Waals surface area contributed by atoms with E-state index in [1.807, 2.05) is 0 Å². The van der Waals surface area contributed by atoms with Gasteiger partial charge in [-0.2, -0.15) is 0 Å². The minimum Gasteiger partial charge on any atom is -0.423 e. The van der Waals surface area contributed by atoms with Gasteiger partial charge in [-0.05, 0) is 12.2 Å². The van der Waals surface area contributed by atoms with Crippen molar-refractivity contribution >= 4 is 5.97 Å². The zero-order valence-electron chi connectivity index (χ0n) is 11.3. The molecule has 2 aliphatic rings. The normalized spacial score (nSPS) is 41.4. The number of hydrogen-bond donors (Lipinski definition) is 7. The van der Waals surface area contributed by atoms with Crippen LogP contribution in [0.25, 0.3) is 0 Å². The number of hydrogen-bond acceptors (Lipinski definition) is 9. The van der Waals surface area contributed by atoms with Gasteiger partial charge >= 0.3 is 5.97 Å². The molecule has 0 spiro atoms. The average molecular weight is 315 g/mol. The molecular weight excluding hydrogens is 298 g/mol. The van der Waals surface area contributed by atoms with Crippen LogP contribution in [0.3, 0.4) is 0 Å². The first-order chi connectivity index (χ1) is 10.3. The van der Waals surface area contributed by atoms with Crippen molar-refractivity contribution in [2.45, 2.75) is 36.3 Å². The highest BCUT2D eigenvalue weighted by Gasteiger charge is 2.60. The number of esters is 1. The number of carbonyl (C=O) groups excluding carboxylic acids is 1. The molecule has 122 valence electrons. The van der Waals surface area contributed by atoms with Crippen molar-refractivity contribution in [1.29, 1.82) is 0 Å². The summed E-state index contributed by atoms with van der Waals surface area (Å²) in [5.74, 6) is -4.13. The monoisotopic (exact) mass is 315 g/mol. The molecule has 1 aliphatic heterocycles. The van der Waals surface area contributed by atoms with Crippen LogP contribution in [0.15, 0.2) is 36.2 Å². The van der Waals surface area contributed by atoms with E-state index in [4.69, 9.17) is 0 Å². The summed E-state index contributed by atoms with van der Waals surface area (Å²) in [6.45, 7) is 0. The van der Waals surface area contributed by atoms with Crippen LogP contribution >= 0.6 is 0 Å². The Morgan fingerprint density at radius 1 is 1.00 bits per heavy atom. The molecule has 1 heterocycles. The molecule has 1 fully saturated rings. The Labute approximate surface area is 125 Å². The fourth-order valence-electron chi connectivity index (χ4n) is 2.15.